The van der Waals surface area contributed by atoms with E-state index in [1.807, 2.05) is 36.9 Å². The lowest BCUT2D eigenvalue weighted by atomic mass is 10.1. The van der Waals surface area contributed by atoms with Crippen molar-refractivity contribution in [2.24, 2.45) is 0 Å². The van der Waals surface area contributed by atoms with Crippen molar-refractivity contribution in [1.82, 2.24) is 20.2 Å². The highest BCUT2D eigenvalue weighted by atomic mass is 19.1. The fourth-order valence-corrected chi connectivity index (χ4v) is 5.64. The van der Waals surface area contributed by atoms with Gasteiger partial charge in [-0.3, -0.25) is 9.59 Å². The number of carbonyl (C=O) groups is 2. The third kappa shape index (κ3) is 8.84. The summed E-state index contributed by atoms with van der Waals surface area (Å²) in [4.78, 5) is 39.3. The number of piperazine rings is 1. The molecule has 5 rings (SSSR count). The van der Waals surface area contributed by atoms with Crippen LogP contribution >= 0.6 is 0 Å². The first-order chi connectivity index (χ1) is 24.1. The zero-order chi connectivity index (χ0) is 35.8. The molecule has 2 heterocycles. The summed E-state index contributed by atoms with van der Waals surface area (Å²) >= 11 is 0. The van der Waals surface area contributed by atoms with Gasteiger partial charge < -0.3 is 40.0 Å². The standard InChI is InChI=1S/C37H44FN7O5/c1-23-8-7-9-24(2)34(23)42-35(47)28-21-40-37(41-27-11-12-30(29(38)20-27)45-16-15-44(4)25(3)22-45)43-36(28)50-31-13-10-26(18-32(31)49-6)19-33(46)39-14-17-48-5/h7-13,18,20-21,25H,14-17,19,22H2,1-6H3,(H,39,46)(H,42,47)(H,40,41,43). The second-order valence-electron chi connectivity index (χ2n) is 12.3. The number of anilines is 4. The van der Waals surface area contributed by atoms with Crippen molar-refractivity contribution in [3.8, 4) is 17.4 Å². The number of methoxy groups -OCH3 is 2. The predicted octanol–water partition coefficient (Wildman–Crippen LogP) is 5.47. The van der Waals surface area contributed by atoms with Crippen LogP contribution in [0.15, 0.2) is 60.8 Å². The van der Waals surface area contributed by atoms with Crippen molar-refractivity contribution in [2.45, 2.75) is 33.2 Å². The lowest BCUT2D eigenvalue weighted by Gasteiger charge is -2.39. The van der Waals surface area contributed by atoms with Gasteiger partial charge >= 0.3 is 0 Å². The van der Waals surface area contributed by atoms with Gasteiger partial charge in [-0.15, -0.1) is 0 Å². The largest absolute Gasteiger partial charge is 0.493 e. The van der Waals surface area contributed by atoms with Crippen molar-refractivity contribution in [3.05, 3.63) is 88.9 Å². The fraction of sp³-hybridized carbons (Fsp3) is 0.351. The average Bonchev–Trinajstić information content (AvgIpc) is 3.08. The average molecular weight is 686 g/mol. The van der Waals surface area contributed by atoms with Crippen LogP contribution in [0.3, 0.4) is 0 Å². The predicted molar refractivity (Wildman–Crippen MR) is 192 cm³/mol. The Morgan fingerprint density at radius 1 is 1.02 bits per heavy atom. The second kappa shape index (κ2) is 16.4. The zero-order valence-corrected chi connectivity index (χ0v) is 29.3. The first-order valence-corrected chi connectivity index (χ1v) is 16.4. The number of para-hydroxylation sites is 1. The molecule has 1 fully saturated rings. The topological polar surface area (TPSA) is 130 Å². The molecule has 12 nitrogen and oxygen atoms in total. The van der Waals surface area contributed by atoms with E-state index in [4.69, 9.17) is 14.2 Å². The van der Waals surface area contributed by atoms with Gasteiger partial charge in [-0.25, -0.2) is 9.37 Å². The van der Waals surface area contributed by atoms with Crippen LogP contribution in [0, 0.1) is 19.7 Å². The van der Waals surface area contributed by atoms with E-state index in [-0.39, 0.29) is 41.3 Å². The van der Waals surface area contributed by atoms with Gasteiger partial charge in [-0.2, -0.15) is 4.98 Å². The van der Waals surface area contributed by atoms with Gasteiger partial charge in [-0.1, -0.05) is 24.3 Å². The summed E-state index contributed by atoms with van der Waals surface area (Å²) in [5.41, 5.74) is 4.16. The van der Waals surface area contributed by atoms with E-state index in [1.165, 1.54) is 19.4 Å². The number of nitrogens with zero attached hydrogens (tertiary/aromatic N) is 4. The Morgan fingerprint density at radius 3 is 2.50 bits per heavy atom. The van der Waals surface area contributed by atoms with Crippen molar-refractivity contribution >= 4 is 34.8 Å². The number of halogens is 1. The molecule has 1 aliphatic rings. The van der Waals surface area contributed by atoms with Gasteiger partial charge in [0.15, 0.2) is 11.5 Å². The normalized spacial score (nSPS) is 14.6. The van der Waals surface area contributed by atoms with Crippen LogP contribution in [0.5, 0.6) is 17.4 Å². The van der Waals surface area contributed by atoms with E-state index in [2.05, 4.69) is 44.8 Å². The van der Waals surface area contributed by atoms with Gasteiger partial charge in [0.1, 0.15) is 11.4 Å². The third-order valence-electron chi connectivity index (χ3n) is 8.65. The molecule has 1 aromatic heterocycles. The minimum atomic E-state index is -0.482. The van der Waals surface area contributed by atoms with Gasteiger partial charge in [0, 0.05) is 56.9 Å². The van der Waals surface area contributed by atoms with E-state index in [1.54, 1.807) is 37.4 Å². The Balaban J connectivity index is 1.42. The molecule has 0 aliphatic carbocycles. The molecule has 3 N–H and O–H groups in total. The summed E-state index contributed by atoms with van der Waals surface area (Å²) < 4.78 is 32.2. The number of hydrogen-bond donors (Lipinski definition) is 3. The molecule has 1 aliphatic heterocycles. The third-order valence-corrected chi connectivity index (χ3v) is 8.65. The molecule has 13 heteroatoms. The molecule has 264 valence electrons. The van der Waals surface area contributed by atoms with E-state index < -0.39 is 5.91 Å². The van der Waals surface area contributed by atoms with Gasteiger partial charge in [-0.05, 0) is 74.8 Å². The molecule has 1 atom stereocenters. The van der Waals surface area contributed by atoms with E-state index in [0.717, 1.165) is 30.8 Å². The number of aryl methyl sites for hydroxylation is 2. The maximum absolute atomic E-state index is 15.4. The summed E-state index contributed by atoms with van der Waals surface area (Å²) in [5, 5.41) is 8.80. The Hall–Kier alpha value is -5.27. The summed E-state index contributed by atoms with van der Waals surface area (Å²) in [6.45, 7) is 9.04. The highest BCUT2D eigenvalue weighted by Crippen LogP contribution is 2.35. The minimum absolute atomic E-state index is 0.0573. The van der Waals surface area contributed by atoms with Crippen LogP contribution in [0.2, 0.25) is 0 Å². The molecule has 50 heavy (non-hydrogen) atoms. The molecule has 1 unspecified atom stereocenters. The molecule has 0 spiro atoms. The van der Waals surface area contributed by atoms with Crippen molar-refractivity contribution in [2.75, 3.05) is 69.6 Å². The highest BCUT2D eigenvalue weighted by molar-refractivity contribution is 6.06. The van der Waals surface area contributed by atoms with Gasteiger partial charge in [0.2, 0.25) is 17.7 Å². The van der Waals surface area contributed by atoms with Crippen LogP contribution in [-0.2, 0) is 16.0 Å². The lowest BCUT2D eigenvalue weighted by molar-refractivity contribution is -0.120. The first-order valence-electron chi connectivity index (χ1n) is 16.4. The maximum Gasteiger partial charge on any atom is 0.262 e. The number of rotatable bonds is 13. The molecule has 0 saturated carbocycles. The van der Waals surface area contributed by atoms with Gasteiger partial charge in [0.05, 0.1) is 25.8 Å². The van der Waals surface area contributed by atoms with Crippen molar-refractivity contribution < 1.29 is 28.2 Å². The minimum Gasteiger partial charge on any atom is -0.493 e. The molecule has 0 bridgehead atoms. The SMILES string of the molecule is COCCNC(=O)Cc1ccc(Oc2nc(Nc3ccc(N4CCN(C)C(C)C4)c(F)c3)ncc2C(=O)Nc2c(C)cccc2C)c(OC)c1. The number of likely N-dealkylation sites (N-methyl/N-ethyl adjacent to an activating group) is 1. The van der Waals surface area contributed by atoms with E-state index >= 15 is 4.39 Å². The summed E-state index contributed by atoms with van der Waals surface area (Å²) in [5.74, 6) is -0.396. The molecule has 2 amide bonds. The fourth-order valence-electron chi connectivity index (χ4n) is 5.64. The molecular weight excluding hydrogens is 641 g/mol. The monoisotopic (exact) mass is 685 g/mol. The van der Waals surface area contributed by atoms with Crippen LogP contribution in [0.25, 0.3) is 0 Å². The Bertz CT molecular complexity index is 1820. The van der Waals surface area contributed by atoms with Crippen LogP contribution < -0.4 is 30.3 Å². The molecular formula is C37H44FN7O5. The van der Waals surface area contributed by atoms with Gasteiger partial charge in [0.25, 0.3) is 5.91 Å². The molecule has 4 aromatic rings. The number of carbonyl (C=O) groups excluding carboxylic acids is 2. The first kappa shape index (κ1) is 36.0. The lowest BCUT2D eigenvalue weighted by Crippen LogP contribution is -2.50. The van der Waals surface area contributed by atoms with E-state index in [9.17, 15) is 9.59 Å². The van der Waals surface area contributed by atoms with E-state index in [0.29, 0.717) is 47.6 Å². The number of benzene rings is 3. The second-order valence-corrected chi connectivity index (χ2v) is 12.3. The Morgan fingerprint density at radius 2 is 1.80 bits per heavy atom. The zero-order valence-electron chi connectivity index (χ0n) is 29.3. The van der Waals surface area contributed by atoms with Crippen molar-refractivity contribution in [1.29, 1.82) is 0 Å². The number of ether oxygens (including phenoxy) is 3. The summed E-state index contributed by atoms with van der Waals surface area (Å²) in [6, 6.07) is 16.0. The number of nitrogens with one attached hydrogen (secondary N) is 3. The number of hydrogen-bond acceptors (Lipinski definition) is 10. The maximum atomic E-state index is 15.4. The number of aromatic nitrogens is 2. The summed E-state index contributed by atoms with van der Waals surface area (Å²) in [7, 11) is 5.12. The quantitative estimate of drug-likeness (QED) is 0.156. The van der Waals surface area contributed by atoms with Crippen molar-refractivity contribution in [3.63, 3.8) is 0 Å². The van der Waals surface area contributed by atoms with Crippen LogP contribution in [0.1, 0.15) is 34.0 Å². The van der Waals surface area contributed by atoms with Crippen LogP contribution in [0.4, 0.5) is 27.4 Å². The Labute approximate surface area is 292 Å². The summed E-state index contributed by atoms with van der Waals surface area (Å²) in [6.07, 6.45) is 1.48. The smallest absolute Gasteiger partial charge is 0.262 e. The highest BCUT2D eigenvalue weighted by Gasteiger charge is 2.24. The molecule has 1 saturated heterocycles. The molecule has 3 aromatic carbocycles. The van der Waals surface area contributed by atoms with Crippen LogP contribution in [-0.4, -0.2) is 86.8 Å². The Kier molecular flexibility index (Phi) is 11.8. The molecule has 0 radical (unpaired) electrons. The number of amides is 2.